The van der Waals surface area contributed by atoms with E-state index in [0.29, 0.717) is 29.7 Å². The van der Waals surface area contributed by atoms with Crippen molar-refractivity contribution in [3.8, 4) is 0 Å². The summed E-state index contributed by atoms with van der Waals surface area (Å²) in [6, 6.07) is 1.50. The predicted octanol–water partition coefficient (Wildman–Crippen LogP) is -0.479. The number of aromatic nitrogens is 3. The maximum atomic E-state index is 11.9. The van der Waals surface area contributed by atoms with Crippen LogP contribution in [0.4, 0.5) is 0 Å². The van der Waals surface area contributed by atoms with E-state index in [1.54, 1.807) is 16.5 Å². The molecule has 3 rings (SSSR count). The average Bonchev–Trinajstić information content (AvgIpc) is 2.69. The summed E-state index contributed by atoms with van der Waals surface area (Å²) in [7, 11) is 1.71. The first kappa shape index (κ1) is 9.88. The highest BCUT2D eigenvalue weighted by molar-refractivity contribution is 5.98. The van der Waals surface area contributed by atoms with Gasteiger partial charge in [-0.1, -0.05) is 4.85 Å². The number of hydrogen-bond acceptors (Lipinski definition) is 4. The molecule has 7 nitrogen and oxygen atoms in total. The van der Waals surface area contributed by atoms with Crippen LogP contribution >= 0.6 is 0 Å². The van der Waals surface area contributed by atoms with E-state index >= 15 is 0 Å². The summed E-state index contributed by atoms with van der Waals surface area (Å²) in [4.78, 5) is 25.4. The SMILES string of the molecule is CN1CCn2c(cc3c(=O)n(O)ncc32)C1=O. The summed E-state index contributed by atoms with van der Waals surface area (Å²) in [6.45, 7) is 1.22. The first-order valence-electron chi connectivity index (χ1n) is 5.16. The smallest absolute Gasteiger partial charge is 0.312 e. The Kier molecular flexibility index (Phi) is 1.80. The first-order valence-corrected chi connectivity index (χ1v) is 5.16. The molecule has 0 bridgehead atoms. The minimum Gasteiger partial charge on any atom is -0.409 e. The molecule has 1 amide bonds. The molecule has 1 aliphatic heterocycles. The normalized spacial score (nSPS) is 15.4. The topological polar surface area (TPSA) is 80.4 Å². The molecule has 0 aliphatic carbocycles. The van der Waals surface area contributed by atoms with Crippen LogP contribution in [0.2, 0.25) is 0 Å². The van der Waals surface area contributed by atoms with Crippen molar-refractivity contribution < 1.29 is 10.0 Å². The van der Waals surface area contributed by atoms with Crippen molar-refractivity contribution in [1.82, 2.24) is 19.4 Å². The Morgan fingerprint density at radius 2 is 2.12 bits per heavy atom. The summed E-state index contributed by atoms with van der Waals surface area (Å²) in [5.41, 5.74) is 0.426. The van der Waals surface area contributed by atoms with Crippen molar-refractivity contribution in [2.75, 3.05) is 13.6 Å². The molecule has 0 fully saturated rings. The average molecular weight is 234 g/mol. The Balaban J connectivity index is 2.39. The summed E-state index contributed by atoms with van der Waals surface area (Å²) in [5.74, 6) is -0.128. The number of nitrogens with zero attached hydrogens (tertiary/aromatic N) is 4. The highest BCUT2D eigenvalue weighted by atomic mass is 16.5. The second-order valence-corrected chi connectivity index (χ2v) is 4.05. The van der Waals surface area contributed by atoms with Gasteiger partial charge in [-0.05, 0) is 6.07 Å². The number of hydrogen-bond donors (Lipinski definition) is 1. The number of rotatable bonds is 0. The Labute approximate surface area is 95.4 Å². The Morgan fingerprint density at radius 1 is 1.35 bits per heavy atom. The van der Waals surface area contributed by atoms with Gasteiger partial charge in [0.25, 0.3) is 5.91 Å². The maximum absolute atomic E-state index is 11.9. The summed E-state index contributed by atoms with van der Waals surface area (Å²) < 4.78 is 1.76. The van der Waals surface area contributed by atoms with E-state index in [1.807, 2.05) is 0 Å². The Bertz CT molecular complexity index is 685. The van der Waals surface area contributed by atoms with Gasteiger partial charge in [0.05, 0.1) is 17.1 Å². The number of carbonyl (C=O) groups excluding carboxylic acids is 1. The van der Waals surface area contributed by atoms with Crippen LogP contribution in [0.15, 0.2) is 17.1 Å². The molecule has 3 heterocycles. The molecule has 0 unspecified atom stereocenters. The third-order valence-electron chi connectivity index (χ3n) is 3.06. The van der Waals surface area contributed by atoms with Crippen LogP contribution in [0.1, 0.15) is 10.5 Å². The van der Waals surface area contributed by atoms with E-state index in [4.69, 9.17) is 0 Å². The van der Waals surface area contributed by atoms with Gasteiger partial charge in [-0.3, -0.25) is 9.59 Å². The van der Waals surface area contributed by atoms with E-state index < -0.39 is 5.56 Å². The molecular formula is C10H10N4O3. The highest BCUT2D eigenvalue weighted by Crippen LogP contribution is 2.20. The zero-order valence-electron chi connectivity index (χ0n) is 9.12. The number of fused-ring (bicyclic) bond motifs is 3. The van der Waals surface area contributed by atoms with Crippen molar-refractivity contribution >= 4 is 16.8 Å². The van der Waals surface area contributed by atoms with Gasteiger partial charge in [0.15, 0.2) is 0 Å². The molecule has 1 N–H and O–H groups in total. The van der Waals surface area contributed by atoms with Gasteiger partial charge in [0.1, 0.15) is 5.69 Å². The Morgan fingerprint density at radius 3 is 2.88 bits per heavy atom. The number of likely N-dealkylation sites (N-methyl/N-ethyl adjacent to an activating group) is 1. The molecule has 0 atom stereocenters. The van der Waals surface area contributed by atoms with E-state index in [9.17, 15) is 14.8 Å². The number of carbonyl (C=O) groups is 1. The largest absolute Gasteiger partial charge is 0.409 e. The van der Waals surface area contributed by atoms with E-state index in [2.05, 4.69) is 5.10 Å². The molecule has 0 spiro atoms. The van der Waals surface area contributed by atoms with Gasteiger partial charge in [0, 0.05) is 20.1 Å². The lowest BCUT2D eigenvalue weighted by Crippen LogP contribution is -2.36. The number of amides is 1. The second kappa shape index (κ2) is 3.09. The van der Waals surface area contributed by atoms with Crippen LogP contribution in [-0.4, -0.2) is 44.1 Å². The molecule has 88 valence electrons. The van der Waals surface area contributed by atoms with Gasteiger partial charge in [-0.15, -0.1) is 5.10 Å². The summed E-state index contributed by atoms with van der Waals surface area (Å²) in [5, 5.41) is 13.0. The lowest BCUT2D eigenvalue weighted by Gasteiger charge is -2.24. The van der Waals surface area contributed by atoms with Crippen molar-refractivity contribution in [2.24, 2.45) is 0 Å². The van der Waals surface area contributed by atoms with E-state index in [1.165, 1.54) is 12.3 Å². The van der Waals surface area contributed by atoms with Crippen LogP contribution in [0.3, 0.4) is 0 Å². The lowest BCUT2D eigenvalue weighted by atomic mass is 10.3. The van der Waals surface area contributed by atoms with Crippen LogP contribution in [-0.2, 0) is 6.54 Å². The molecule has 0 saturated carbocycles. The van der Waals surface area contributed by atoms with Crippen molar-refractivity contribution in [1.29, 1.82) is 0 Å². The standard InChI is InChI=1S/C10H10N4O3/c1-12-2-3-13-7(10(12)16)4-6-8(13)5-11-14(17)9(6)15/h4-5,17H,2-3H2,1H3. The fraction of sp³-hybridized carbons (Fsp3) is 0.300. The molecule has 0 saturated heterocycles. The third kappa shape index (κ3) is 1.19. The van der Waals surface area contributed by atoms with Gasteiger partial charge in [-0.25, -0.2) is 0 Å². The van der Waals surface area contributed by atoms with Crippen LogP contribution < -0.4 is 5.56 Å². The van der Waals surface area contributed by atoms with Crippen LogP contribution in [0.25, 0.3) is 10.9 Å². The zero-order valence-corrected chi connectivity index (χ0v) is 9.12. The van der Waals surface area contributed by atoms with Crippen LogP contribution in [0.5, 0.6) is 0 Å². The summed E-state index contributed by atoms with van der Waals surface area (Å²) in [6.07, 6.45) is 1.39. The van der Waals surface area contributed by atoms with Gasteiger partial charge in [0.2, 0.25) is 0 Å². The van der Waals surface area contributed by atoms with Crippen LogP contribution in [0, 0.1) is 0 Å². The van der Waals surface area contributed by atoms with Crippen molar-refractivity contribution in [2.45, 2.75) is 6.54 Å². The maximum Gasteiger partial charge on any atom is 0.312 e. The van der Waals surface area contributed by atoms with Gasteiger partial charge in [-0.2, -0.15) is 0 Å². The Hall–Kier alpha value is -2.31. The summed E-state index contributed by atoms with van der Waals surface area (Å²) >= 11 is 0. The molecule has 1 aliphatic rings. The fourth-order valence-electron chi connectivity index (χ4n) is 2.11. The molecule has 17 heavy (non-hydrogen) atoms. The minimum absolute atomic E-state index is 0.128. The van der Waals surface area contributed by atoms with Crippen molar-refractivity contribution in [3.05, 3.63) is 28.3 Å². The monoisotopic (exact) mass is 234 g/mol. The fourth-order valence-corrected chi connectivity index (χ4v) is 2.11. The van der Waals surface area contributed by atoms with E-state index in [0.717, 1.165) is 0 Å². The predicted molar refractivity (Wildman–Crippen MR) is 58.1 cm³/mol. The first-order chi connectivity index (χ1) is 8.09. The van der Waals surface area contributed by atoms with Gasteiger partial charge < -0.3 is 14.7 Å². The molecule has 0 radical (unpaired) electrons. The van der Waals surface area contributed by atoms with E-state index in [-0.39, 0.29) is 10.8 Å². The van der Waals surface area contributed by atoms with Gasteiger partial charge >= 0.3 is 5.56 Å². The third-order valence-corrected chi connectivity index (χ3v) is 3.06. The molecule has 7 heteroatoms. The second-order valence-electron chi connectivity index (χ2n) is 4.05. The molecule has 2 aromatic heterocycles. The lowest BCUT2D eigenvalue weighted by molar-refractivity contribution is 0.0751. The molecule has 2 aromatic rings. The molecular weight excluding hydrogens is 224 g/mol. The molecule has 0 aromatic carbocycles. The highest BCUT2D eigenvalue weighted by Gasteiger charge is 2.25. The van der Waals surface area contributed by atoms with Crippen molar-refractivity contribution in [3.63, 3.8) is 0 Å². The zero-order chi connectivity index (χ0) is 12.2. The minimum atomic E-state index is -0.611. The quantitative estimate of drug-likeness (QED) is 0.624.